The number of ether oxygens (including phenoxy) is 1. The predicted octanol–water partition coefficient (Wildman–Crippen LogP) is -0.686. The summed E-state index contributed by atoms with van der Waals surface area (Å²) in [6.07, 6.45) is 1.17. The number of rotatable bonds is 1. The molecule has 12 heavy (non-hydrogen) atoms. The van der Waals surface area contributed by atoms with Gasteiger partial charge in [-0.15, -0.1) is 15.5 Å². The summed E-state index contributed by atoms with van der Waals surface area (Å²) in [5, 5.41) is 25.0. The average Bonchev–Trinajstić information content (AvgIpc) is 2.51. The zero-order valence-electron chi connectivity index (χ0n) is 5.61. The molecule has 0 aliphatic rings. The van der Waals surface area contributed by atoms with Gasteiger partial charge in [-0.3, -0.25) is 0 Å². The normalized spacial score (nSPS) is 8.17. The van der Waals surface area contributed by atoms with Crippen LogP contribution in [0.2, 0.25) is 0 Å². The van der Waals surface area contributed by atoms with E-state index in [2.05, 4.69) is 20.1 Å². The Morgan fingerprint density at radius 3 is 2.83 bits per heavy atom. The van der Waals surface area contributed by atoms with Gasteiger partial charge in [0.25, 0.3) is 6.26 Å². The quantitative estimate of drug-likeness (QED) is 0.432. The number of carbonyl (C=O) groups excluding carboxylic acids is 1. The van der Waals surface area contributed by atoms with Gasteiger partial charge >= 0.3 is 5.97 Å². The summed E-state index contributed by atoms with van der Waals surface area (Å²) in [5.74, 6) is -0.997. The van der Waals surface area contributed by atoms with Crippen molar-refractivity contribution in [3.63, 3.8) is 0 Å². The van der Waals surface area contributed by atoms with E-state index in [9.17, 15) is 4.79 Å². The van der Waals surface area contributed by atoms with E-state index in [4.69, 9.17) is 10.5 Å². The van der Waals surface area contributed by atoms with Crippen LogP contribution in [0.4, 0.5) is 0 Å². The number of hydrogen-bond acceptors (Lipinski definition) is 6. The smallest absolute Gasteiger partial charge is 0.346 e. The van der Waals surface area contributed by atoms with E-state index in [1.54, 1.807) is 6.07 Å². The lowest BCUT2D eigenvalue weighted by Gasteiger charge is -1.86. The lowest BCUT2D eigenvalue weighted by atomic mass is 10.3. The molecule has 0 atom stereocenters. The number of nitrogens with zero attached hydrogens (tertiary/aromatic N) is 4. The van der Waals surface area contributed by atoms with Crippen LogP contribution >= 0.6 is 0 Å². The largest absolute Gasteiger partial charge is 0.377 e. The topological polar surface area (TPSA) is 115 Å². The number of nitrogens with one attached hydrogen (secondary N) is 1. The molecule has 7 nitrogen and oxygen atoms in total. The maximum absolute atomic E-state index is 10.8. The number of H-pyrrole nitrogens is 1. The Kier molecular flexibility index (Phi) is 2.00. The second-order valence-electron chi connectivity index (χ2n) is 1.61. The maximum atomic E-state index is 10.8. The van der Waals surface area contributed by atoms with Gasteiger partial charge in [-0.2, -0.15) is 10.5 Å². The fraction of sp³-hybridized carbons (Fsp3) is 0. The van der Waals surface area contributed by atoms with Crippen LogP contribution < -0.4 is 0 Å². The number of aromatic amines is 1. The molecule has 1 aromatic heterocycles. The van der Waals surface area contributed by atoms with Crippen molar-refractivity contribution >= 4 is 5.97 Å². The Balaban J connectivity index is 2.98. The molecule has 1 heterocycles. The molecule has 0 spiro atoms. The fourth-order valence-electron chi connectivity index (χ4n) is 0.541. The third-order valence-corrected chi connectivity index (χ3v) is 0.986. The van der Waals surface area contributed by atoms with Gasteiger partial charge in [0.15, 0.2) is 5.69 Å². The van der Waals surface area contributed by atoms with Crippen molar-refractivity contribution in [3.05, 3.63) is 11.4 Å². The van der Waals surface area contributed by atoms with Gasteiger partial charge in [0.1, 0.15) is 6.07 Å². The van der Waals surface area contributed by atoms with E-state index in [0.717, 1.165) is 0 Å². The van der Waals surface area contributed by atoms with Crippen LogP contribution in [0.1, 0.15) is 16.2 Å². The minimum atomic E-state index is -0.997. The van der Waals surface area contributed by atoms with E-state index < -0.39 is 5.97 Å². The number of nitriles is 2. The highest BCUT2D eigenvalue weighted by molar-refractivity contribution is 5.89. The van der Waals surface area contributed by atoms with Crippen molar-refractivity contribution in [1.82, 2.24) is 15.4 Å². The second kappa shape index (κ2) is 3.12. The Labute approximate surface area is 66.2 Å². The van der Waals surface area contributed by atoms with Crippen LogP contribution in [0.3, 0.4) is 0 Å². The van der Waals surface area contributed by atoms with Gasteiger partial charge in [0.2, 0.25) is 5.69 Å². The number of esters is 1. The van der Waals surface area contributed by atoms with E-state index in [1.807, 2.05) is 0 Å². The van der Waals surface area contributed by atoms with Gasteiger partial charge in [-0.25, -0.2) is 4.79 Å². The zero-order chi connectivity index (χ0) is 8.97. The Morgan fingerprint density at radius 1 is 1.50 bits per heavy atom. The summed E-state index contributed by atoms with van der Waals surface area (Å²) in [7, 11) is 0. The molecule has 1 aromatic rings. The highest BCUT2D eigenvalue weighted by atomic mass is 16.5. The molecule has 0 fully saturated rings. The predicted molar refractivity (Wildman–Crippen MR) is 32.1 cm³/mol. The molecule has 58 valence electrons. The summed E-state index contributed by atoms with van der Waals surface area (Å²) in [4.78, 5) is 10.8. The van der Waals surface area contributed by atoms with Gasteiger partial charge < -0.3 is 4.74 Å². The molecule has 0 aromatic carbocycles. The molecular formula is C5HN5O2. The van der Waals surface area contributed by atoms with E-state index >= 15 is 0 Å². The molecule has 0 bridgehead atoms. The third kappa shape index (κ3) is 1.20. The second-order valence-corrected chi connectivity index (χ2v) is 1.61. The molecule has 0 aliphatic heterocycles. The SMILES string of the molecule is N#COC(=O)c1n[nH]nc1C#N. The van der Waals surface area contributed by atoms with Crippen LogP contribution in [0.15, 0.2) is 0 Å². The van der Waals surface area contributed by atoms with Crippen molar-refractivity contribution in [3.8, 4) is 12.3 Å². The van der Waals surface area contributed by atoms with Gasteiger partial charge in [-0.1, -0.05) is 0 Å². The summed E-state index contributed by atoms with van der Waals surface area (Å²) < 4.78 is 3.92. The van der Waals surface area contributed by atoms with Crippen molar-refractivity contribution in [2.24, 2.45) is 0 Å². The van der Waals surface area contributed by atoms with Crippen LogP contribution in [0.25, 0.3) is 0 Å². The van der Waals surface area contributed by atoms with Crippen molar-refractivity contribution < 1.29 is 9.53 Å². The Bertz CT molecular complexity index is 381. The minimum absolute atomic E-state index is 0.199. The number of carbonyl (C=O) groups is 1. The van der Waals surface area contributed by atoms with Gasteiger partial charge in [-0.05, 0) is 0 Å². The Hall–Kier alpha value is -2.41. The maximum Gasteiger partial charge on any atom is 0.377 e. The van der Waals surface area contributed by atoms with Crippen LogP contribution in [0.5, 0.6) is 0 Å². The average molecular weight is 163 g/mol. The first-order chi connectivity index (χ1) is 5.79. The highest BCUT2D eigenvalue weighted by Gasteiger charge is 2.17. The first-order valence-electron chi connectivity index (χ1n) is 2.70. The lowest BCUT2D eigenvalue weighted by Crippen LogP contribution is -2.03. The van der Waals surface area contributed by atoms with E-state index in [1.165, 1.54) is 6.26 Å². The molecule has 0 saturated heterocycles. The first-order valence-corrected chi connectivity index (χ1v) is 2.70. The van der Waals surface area contributed by atoms with Crippen molar-refractivity contribution in [1.29, 1.82) is 10.5 Å². The summed E-state index contributed by atoms with van der Waals surface area (Å²) in [5.41, 5.74) is -0.491. The molecule has 0 saturated carbocycles. The zero-order valence-corrected chi connectivity index (χ0v) is 5.61. The van der Waals surface area contributed by atoms with E-state index in [0.29, 0.717) is 0 Å². The minimum Gasteiger partial charge on any atom is -0.346 e. The molecule has 0 radical (unpaired) electrons. The van der Waals surface area contributed by atoms with E-state index in [-0.39, 0.29) is 11.4 Å². The summed E-state index contributed by atoms with van der Waals surface area (Å²) in [6.45, 7) is 0. The standard InChI is InChI=1S/C5HN5O2/c6-1-3-4(9-10-8-3)5(11)12-2-7/h(H,8,9,10). The van der Waals surface area contributed by atoms with Crippen molar-refractivity contribution in [2.45, 2.75) is 0 Å². The molecule has 1 N–H and O–H groups in total. The Morgan fingerprint density at radius 2 is 2.25 bits per heavy atom. The lowest BCUT2D eigenvalue weighted by molar-refractivity contribution is 0.0678. The van der Waals surface area contributed by atoms with Crippen LogP contribution in [-0.2, 0) is 4.74 Å². The molecule has 0 aliphatic carbocycles. The van der Waals surface area contributed by atoms with Crippen LogP contribution in [-0.4, -0.2) is 21.4 Å². The van der Waals surface area contributed by atoms with Gasteiger partial charge in [0.05, 0.1) is 0 Å². The summed E-state index contributed by atoms with van der Waals surface area (Å²) in [6, 6.07) is 1.60. The summed E-state index contributed by atoms with van der Waals surface area (Å²) >= 11 is 0. The van der Waals surface area contributed by atoms with Crippen molar-refractivity contribution in [2.75, 3.05) is 0 Å². The van der Waals surface area contributed by atoms with Crippen LogP contribution in [0, 0.1) is 22.8 Å². The number of hydrogen-bond donors (Lipinski definition) is 1. The highest BCUT2D eigenvalue weighted by Crippen LogP contribution is 2.00. The first kappa shape index (κ1) is 7.69. The molecular weight excluding hydrogens is 162 g/mol. The molecule has 7 heteroatoms. The fourth-order valence-corrected chi connectivity index (χ4v) is 0.541. The monoisotopic (exact) mass is 163 g/mol. The molecule has 0 amide bonds. The molecule has 0 unspecified atom stereocenters. The van der Waals surface area contributed by atoms with Gasteiger partial charge in [0, 0.05) is 0 Å². The molecule has 1 rings (SSSR count). The third-order valence-electron chi connectivity index (χ3n) is 0.986. The number of aromatic nitrogens is 3.